The largest absolute Gasteiger partial charge is 0.399 e. The van der Waals surface area contributed by atoms with Crippen LogP contribution in [0, 0.1) is 27.7 Å². The van der Waals surface area contributed by atoms with Crippen molar-refractivity contribution in [3.63, 3.8) is 0 Å². The number of aromatic amines is 2. The summed E-state index contributed by atoms with van der Waals surface area (Å²) in [4.78, 5) is 0. The lowest BCUT2D eigenvalue weighted by Gasteiger charge is -2.03. The zero-order chi connectivity index (χ0) is 14.0. The third-order valence-electron chi connectivity index (χ3n) is 3.39. The van der Waals surface area contributed by atoms with Gasteiger partial charge in [-0.3, -0.25) is 10.2 Å². The summed E-state index contributed by atoms with van der Waals surface area (Å²) in [5, 5.41) is 5.95. The van der Waals surface area contributed by atoms with Crippen LogP contribution in [0.1, 0.15) is 22.3 Å². The molecule has 0 amide bonds. The Morgan fingerprint density at radius 3 is 1.84 bits per heavy atom. The number of anilines is 1. The van der Waals surface area contributed by atoms with E-state index in [1.807, 2.05) is 13.0 Å². The number of nitrogen functional groups attached to an aromatic ring is 1. The summed E-state index contributed by atoms with van der Waals surface area (Å²) in [6.45, 7) is 8.29. The molecule has 0 atom stereocenters. The molecule has 3 aromatic rings. The van der Waals surface area contributed by atoms with Gasteiger partial charge in [-0.05, 0) is 68.1 Å². The quantitative estimate of drug-likeness (QED) is 0.522. The monoisotopic (exact) mass is 255 g/mol. The lowest BCUT2D eigenvalue weighted by Crippen LogP contribution is -1.91. The fraction of sp³-hybridized carbons (Fsp3) is 0.250. The van der Waals surface area contributed by atoms with E-state index in [1.54, 1.807) is 0 Å². The second-order valence-electron chi connectivity index (χ2n) is 5.09. The second-order valence-corrected chi connectivity index (χ2v) is 5.09. The van der Waals surface area contributed by atoms with E-state index >= 15 is 0 Å². The third kappa shape index (κ3) is 2.99. The predicted octanol–water partition coefficient (Wildman–Crippen LogP) is 4.00. The number of rotatable bonds is 0. The molecule has 1 heterocycles. The topological polar surface area (TPSA) is 57.6 Å². The van der Waals surface area contributed by atoms with Gasteiger partial charge in [-0.2, -0.15) is 0 Å². The van der Waals surface area contributed by atoms with E-state index in [1.165, 1.54) is 33.3 Å². The molecule has 0 fully saturated rings. The molecule has 3 nitrogen and oxygen atoms in total. The van der Waals surface area contributed by atoms with Crippen LogP contribution in [0.4, 0.5) is 5.69 Å². The fourth-order valence-corrected chi connectivity index (χ4v) is 1.93. The molecule has 0 radical (unpaired) electrons. The highest BCUT2D eigenvalue weighted by molar-refractivity contribution is 5.76. The summed E-state index contributed by atoms with van der Waals surface area (Å²) in [5.74, 6) is 0. The highest BCUT2D eigenvalue weighted by Gasteiger charge is 1.96. The standard InChI is InChI=1S/C9H13N.C7H8N2/c1-6-4-8(3)9(10)5-7(6)2;1-5-2-3-6-7(4-5)9-8-6/h4-5H,10H2,1-3H3;2-4,8-9H,1H3. The Kier molecular flexibility index (Phi) is 3.65. The van der Waals surface area contributed by atoms with Crippen LogP contribution in [0.5, 0.6) is 0 Å². The van der Waals surface area contributed by atoms with E-state index in [9.17, 15) is 0 Å². The molecule has 3 rings (SSSR count). The minimum atomic E-state index is 0.892. The first kappa shape index (κ1) is 13.3. The molecule has 3 heteroatoms. The number of hydrogen-bond donors (Lipinski definition) is 3. The molecular weight excluding hydrogens is 234 g/mol. The van der Waals surface area contributed by atoms with E-state index in [-0.39, 0.29) is 0 Å². The summed E-state index contributed by atoms with van der Waals surface area (Å²) in [7, 11) is 0. The van der Waals surface area contributed by atoms with Crippen molar-refractivity contribution in [2.75, 3.05) is 5.73 Å². The van der Waals surface area contributed by atoms with Crippen molar-refractivity contribution in [3.8, 4) is 0 Å². The summed E-state index contributed by atoms with van der Waals surface area (Å²) < 4.78 is 0. The molecule has 0 spiro atoms. The number of fused-ring (bicyclic) bond motifs is 1. The number of aryl methyl sites for hydroxylation is 4. The Labute approximate surface area is 113 Å². The zero-order valence-electron chi connectivity index (χ0n) is 12.0. The average Bonchev–Trinajstić information content (AvgIpc) is 2.32. The SMILES string of the molecule is Cc1cc(C)c(N)cc1C.Cc1ccc2[nH][nH]c2c1. The van der Waals surface area contributed by atoms with Gasteiger partial charge in [0.1, 0.15) is 0 Å². The van der Waals surface area contributed by atoms with Gasteiger partial charge in [-0.15, -0.1) is 0 Å². The highest BCUT2D eigenvalue weighted by Crippen LogP contribution is 2.16. The molecule has 2 aromatic carbocycles. The molecule has 100 valence electrons. The minimum absolute atomic E-state index is 0.892. The molecule has 0 unspecified atom stereocenters. The number of benzene rings is 2. The molecule has 0 saturated heterocycles. The Bertz CT molecular complexity index is 639. The van der Waals surface area contributed by atoms with Crippen LogP contribution in [0.15, 0.2) is 30.3 Å². The minimum Gasteiger partial charge on any atom is -0.399 e. The average molecular weight is 255 g/mol. The molecular formula is C16H21N3. The van der Waals surface area contributed by atoms with E-state index in [4.69, 9.17) is 5.73 Å². The van der Waals surface area contributed by atoms with Gasteiger partial charge >= 0.3 is 0 Å². The van der Waals surface area contributed by atoms with Gasteiger partial charge in [0.15, 0.2) is 0 Å². The van der Waals surface area contributed by atoms with Gasteiger partial charge in [-0.25, -0.2) is 0 Å². The Morgan fingerprint density at radius 2 is 1.37 bits per heavy atom. The lowest BCUT2D eigenvalue weighted by atomic mass is 10.1. The van der Waals surface area contributed by atoms with Crippen LogP contribution in [0.25, 0.3) is 11.0 Å². The van der Waals surface area contributed by atoms with Gasteiger partial charge < -0.3 is 5.73 Å². The fourth-order valence-electron chi connectivity index (χ4n) is 1.93. The van der Waals surface area contributed by atoms with Gasteiger partial charge in [-0.1, -0.05) is 12.1 Å². The molecule has 0 bridgehead atoms. The summed E-state index contributed by atoms with van der Waals surface area (Å²) in [6.07, 6.45) is 0. The number of H-pyrrole nitrogens is 2. The Morgan fingerprint density at radius 1 is 0.737 bits per heavy atom. The number of aromatic nitrogens is 2. The molecule has 0 aliphatic rings. The second kappa shape index (κ2) is 5.22. The first-order valence-electron chi connectivity index (χ1n) is 6.43. The van der Waals surface area contributed by atoms with Gasteiger partial charge in [0.2, 0.25) is 0 Å². The first-order chi connectivity index (χ1) is 8.97. The maximum absolute atomic E-state index is 5.69. The van der Waals surface area contributed by atoms with Gasteiger partial charge in [0.25, 0.3) is 0 Å². The van der Waals surface area contributed by atoms with Crippen molar-refractivity contribution < 1.29 is 0 Å². The van der Waals surface area contributed by atoms with Gasteiger partial charge in [0.05, 0.1) is 11.0 Å². The molecule has 1 aromatic heterocycles. The maximum atomic E-state index is 5.69. The Balaban J connectivity index is 0.000000141. The van der Waals surface area contributed by atoms with Crippen molar-refractivity contribution in [2.24, 2.45) is 0 Å². The van der Waals surface area contributed by atoms with E-state index in [0.717, 1.165) is 5.69 Å². The van der Waals surface area contributed by atoms with Crippen LogP contribution in [0.3, 0.4) is 0 Å². The van der Waals surface area contributed by atoms with E-state index < -0.39 is 0 Å². The molecule has 4 N–H and O–H groups in total. The summed E-state index contributed by atoms with van der Waals surface area (Å²) in [5.41, 5.74) is 14.0. The van der Waals surface area contributed by atoms with Crippen LogP contribution < -0.4 is 5.73 Å². The summed E-state index contributed by atoms with van der Waals surface area (Å²) >= 11 is 0. The van der Waals surface area contributed by atoms with Crippen molar-refractivity contribution in [2.45, 2.75) is 27.7 Å². The van der Waals surface area contributed by atoms with Crippen molar-refractivity contribution in [1.82, 2.24) is 10.2 Å². The first-order valence-corrected chi connectivity index (χ1v) is 6.43. The zero-order valence-corrected chi connectivity index (χ0v) is 12.0. The van der Waals surface area contributed by atoms with Crippen LogP contribution >= 0.6 is 0 Å². The molecule has 0 aliphatic carbocycles. The third-order valence-corrected chi connectivity index (χ3v) is 3.39. The van der Waals surface area contributed by atoms with Crippen molar-refractivity contribution in [3.05, 3.63) is 52.6 Å². The van der Waals surface area contributed by atoms with Crippen LogP contribution in [-0.4, -0.2) is 10.2 Å². The van der Waals surface area contributed by atoms with Crippen LogP contribution in [-0.2, 0) is 0 Å². The number of nitrogens with one attached hydrogen (secondary N) is 2. The Hall–Kier alpha value is -2.16. The summed E-state index contributed by atoms with van der Waals surface area (Å²) in [6, 6.07) is 10.4. The van der Waals surface area contributed by atoms with E-state index in [2.05, 4.69) is 55.2 Å². The molecule has 0 aliphatic heterocycles. The van der Waals surface area contributed by atoms with Crippen molar-refractivity contribution >= 4 is 16.7 Å². The van der Waals surface area contributed by atoms with E-state index in [0.29, 0.717) is 0 Å². The van der Waals surface area contributed by atoms with Crippen LogP contribution in [0.2, 0.25) is 0 Å². The van der Waals surface area contributed by atoms with Gasteiger partial charge in [0, 0.05) is 5.69 Å². The smallest absolute Gasteiger partial charge is 0.0791 e. The van der Waals surface area contributed by atoms with Crippen molar-refractivity contribution in [1.29, 1.82) is 0 Å². The number of hydrogen-bond acceptors (Lipinski definition) is 1. The number of nitrogens with two attached hydrogens (primary N) is 1. The highest BCUT2D eigenvalue weighted by atomic mass is 15.1. The lowest BCUT2D eigenvalue weighted by molar-refractivity contribution is 1.07. The predicted molar refractivity (Wildman–Crippen MR) is 82.5 cm³/mol. The molecule has 0 saturated carbocycles. The molecule has 19 heavy (non-hydrogen) atoms. The maximum Gasteiger partial charge on any atom is 0.0791 e. The normalized spacial score (nSPS) is 10.3.